The fourth-order valence-electron chi connectivity index (χ4n) is 4.02. The Kier molecular flexibility index (Phi) is 2.80. The second-order valence-corrected chi connectivity index (χ2v) is 5.75. The summed E-state index contributed by atoms with van der Waals surface area (Å²) in [6, 6.07) is 5.59. The summed E-state index contributed by atoms with van der Waals surface area (Å²) in [6.45, 7) is 4.44. The van der Waals surface area contributed by atoms with E-state index in [0.717, 1.165) is 19.3 Å². The Hall–Kier alpha value is -1.51. The van der Waals surface area contributed by atoms with Gasteiger partial charge in [0, 0.05) is 5.41 Å². The highest BCUT2D eigenvalue weighted by Gasteiger charge is 2.67. The molecule has 1 N–H and O–H groups in total. The van der Waals surface area contributed by atoms with E-state index in [1.165, 1.54) is 11.1 Å². The minimum atomic E-state index is -0.0593. The number of carbonyl (C=O) groups is 1. The number of fused-ring (bicyclic) bond motifs is 2. The molecule has 1 saturated carbocycles. The Bertz CT molecular complexity index is 523. The van der Waals surface area contributed by atoms with E-state index in [0.29, 0.717) is 18.3 Å². The number of phenols is 1. The van der Waals surface area contributed by atoms with E-state index in [1.54, 1.807) is 6.07 Å². The van der Waals surface area contributed by atoms with E-state index in [-0.39, 0.29) is 17.3 Å². The molecule has 0 aromatic heterocycles. The number of aryl methyl sites for hydroxylation is 1. The predicted octanol–water partition coefficient (Wildman–Crippen LogP) is 2.80. The molecule has 1 aromatic rings. The third-order valence-electron chi connectivity index (χ3n) is 4.93. The maximum absolute atomic E-state index is 12.1. The number of hydrogen-bond acceptors (Lipinski definition) is 3. The summed E-state index contributed by atoms with van der Waals surface area (Å²) >= 11 is 0. The third-order valence-corrected chi connectivity index (χ3v) is 4.93. The smallest absolute Gasteiger partial charge is 0.310 e. The zero-order valence-corrected chi connectivity index (χ0v) is 11.5. The third kappa shape index (κ3) is 1.67. The Morgan fingerprint density at radius 3 is 3.05 bits per heavy atom. The van der Waals surface area contributed by atoms with Crippen LogP contribution in [0.2, 0.25) is 0 Å². The van der Waals surface area contributed by atoms with Gasteiger partial charge in [-0.3, -0.25) is 4.79 Å². The van der Waals surface area contributed by atoms with E-state index in [2.05, 4.69) is 6.92 Å². The summed E-state index contributed by atoms with van der Waals surface area (Å²) in [5.41, 5.74) is 2.42. The quantitative estimate of drug-likeness (QED) is 0.832. The lowest BCUT2D eigenvalue weighted by atomic mass is 9.77. The van der Waals surface area contributed by atoms with Crippen molar-refractivity contribution in [3.05, 3.63) is 29.3 Å². The number of ether oxygens (including phenoxy) is 1. The highest BCUT2D eigenvalue weighted by Crippen LogP contribution is 2.65. The van der Waals surface area contributed by atoms with Crippen molar-refractivity contribution >= 4 is 5.97 Å². The minimum Gasteiger partial charge on any atom is -0.508 e. The monoisotopic (exact) mass is 260 g/mol. The van der Waals surface area contributed by atoms with E-state index in [9.17, 15) is 9.90 Å². The first-order chi connectivity index (χ1) is 9.11. The molecule has 102 valence electrons. The van der Waals surface area contributed by atoms with Gasteiger partial charge in [0.2, 0.25) is 0 Å². The summed E-state index contributed by atoms with van der Waals surface area (Å²) in [5.74, 6) is 0.596. The van der Waals surface area contributed by atoms with Crippen LogP contribution in [0.3, 0.4) is 0 Å². The fourth-order valence-corrected chi connectivity index (χ4v) is 4.02. The van der Waals surface area contributed by atoms with Gasteiger partial charge in [0.25, 0.3) is 0 Å². The van der Waals surface area contributed by atoms with Crippen LogP contribution in [0.4, 0.5) is 0 Å². The first-order valence-electron chi connectivity index (χ1n) is 7.10. The molecule has 3 heteroatoms. The second-order valence-electron chi connectivity index (χ2n) is 5.75. The van der Waals surface area contributed by atoms with Crippen molar-refractivity contribution in [2.24, 2.45) is 11.8 Å². The van der Waals surface area contributed by atoms with Gasteiger partial charge in [-0.1, -0.05) is 13.0 Å². The van der Waals surface area contributed by atoms with E-state index >= 15 is 0 Å². The molecule has 19 heavy (non-hydrogen) atoms. The number of esters is 1. The normalized spacial score (nSPS) is 31.9. The molecule has 0 radical (unpaired) electrons. The molecule has 1 aromatic carbocycles. The molecular weight excluding hydrogens is 240 g/mol. The number of carbonyl (C=O) groups excluding carboxylic acids is 1. The van der Waals surface area contributed by atoms with Crippen LogP contribution in [0.5, 0.6) is 5.75 Å². The van der Waals surface area contributed by atoms with Gasteiger partial charge in [-0.05, 0) is 55.4 Å². The molecule has 0 unspecified atom stereocenters. The number of rotatable bonds is 2. The highest BCUT2D eigenvalue weighted by atomic mass is 16.5. The molecule has 0 amide bonds. The Morgan fingerprint density at radius 1 is 1.53 bits per heavy atom. The van der Waals surface area contributed by atoms with Crippen LogP contribution in [0.25, 0.3) is 0 Å². The largest absolute Gasteiger partial charge is 0.508 e. The average Bonchev–Trinajstić information content (AvgIpc) is 2.95. The summed E-state index contributed by atoms with van der Waals surface area (Å²) in [6.07, 6.45) is 3.12. The molecule has 0 aliphatic heterocycles. The summed E-state index contributed by atoms with van der Waals surface area (Å²) < 4.78 is 5.21. The molecule has 0 heterocycles. The lowest BCUT2D eigenvalue weighted by Gasteiger charge is -2.27. The first-order valence-corrected chi connectivity index (χ1v) is 7.10. The molecule has 3 rings (SSSR count). The van der Waals surface area contributed by atoms with E-state index in [1.807, 2.05) is 19.1 Å². The lowest BCUT2D eigenvalue weighted by molar-refractivity contribution is -0.145. The van der Waals surface area contributed by atoms with Gasteiger partial charge in [-0.2, -0.15) is 0 Å². The standard InChI is InChI=1S/C16H20O3/c1-3-19-15(18)14-10(2)16(14)8-4-5-11-9-12(17)6-7-13(11)16/h6-7,9-10,14,17H,3-5,8H2,1-2H3/t10-,14+,16+/m1/s1. The van der Waals surface area contributed by atoms with E-state index < -0.39 is 0 Å². The Balaban J connectivity index is 1.98. The lowest BCUT2D eigenvalue weighted by Crippen LogP contribution is -2.22. The molecule has 2 aliphatic rings. The number of phenolic OH excluding ortho intramolecular Hbond substituents is 1. The van der Waals surface area contributed by atoms with Crippen molar-refractivity contribution < 1.29 is 14.6 Å². The van der Waals surface area contributed by atoms with Crippen LogP contribution in [0.15, 0.2) is 18.2 Å². The van der Waals surface area contributed by atoms with Crippen molar-refractivity contribution in [2.75, 3.05) is 6.61 Å². The topological polar surface area (TPSA) is 46.5 Å². The SMILES string of the molecule is CCOC(=O)[C@@H]1[C@@H](C)[C@]12CCCc1cc(O)ccc12. The Labute approximate surface area is 113 Å². The Morgan fingerprint density at radius 2 is 2.32 bits per heavy atom. The average molecular weight is 260 g/mol. The fraction of sp³-hybridized carbons (Fsp3) is 0.562. The van der Waals surface area contributed by atoms with Gasteiger partial charge in [0.1, 0.15) is 5.75 Å². The van der Waals surface area contributed by atoms with Gasteiger partial charge in [-0.25, -0.2) is 0 Å². The maximum Gasteiger partial charge on any atom is 0.310 e. The summed E-state index contributed by atoms with van der Waals surface area (Å²) in [4.78, 5) is 12.1. The summed E-state index contributed by atoms with van der Waals surface area (Å²) in [7, 11) is 0. The second kappa shape index (κ2) is 4.26. The van der Waals surface area contributed by atoms with Crippen molar-refractivity contribution in [1.82, 2.24) is 0 Å². The molecule has 2 aliphatic carbocycles. The van der Waals surface area contributed by atoms with Gasteiger partial charge < -0.3 is 9.84 Å². The molecule has 1 fully saturated rings. The van der Waals surface area contributed by atoms with Gasteiger partial charge in [0.15, 0.2) is 0 Å². The molecule has 0 bridgehead atoms. The van der Waals surface area contributed by atoms with Crippen molar-refractivity contribution in [2.45, 2.75) is 38.5 Å². The highest BCUT2D eigenvalue weighted by molar-refractivity contribution is 5.80. The maximum atomic E-state index is 12.1. The van der Waals surface area contributed by atoms with Crippen LogP contribution in [-0.4, -0.2) is 17.7 Å². The number of benzene rings is 1. The van der Waals surface area contributed by atoms with Gasteiger partial charge in [0.05, 0.1) is 12.5 Å². The van der Waals surface area contributed by atoms with E-state index in [4.69, 9.17) is 4.74 Å². The summed E-state index contributed by atoms with van der Waals surface area (Å²) in [5, 5.41) is 9.61. The van der Waals surface area contributed by atoms with Crippen LogP contribution in [0.1, 0.15) is 37.8 Å². The molecule has 3 atom stereocenters. The molecule has 1 spiro atoms. The van der Waals surface area contributed by atoms with Crippen LogP contribution >= 0.6 is 0 Å². The molecule has 0 saturated heterocycles. The predicted molar refractivity (Wildman–Crippen MR) is 72.0 cm³/mol. The van der Waals surface area contributed by atoms with Crippen LogP contribution in [-0.2, 0) is 21.4 Å². The van der Waals surface area contributed by atoms with Crippen molar-refractivity contribution in [3.8, 4) is 5.75 Å². The number of aromatic hydroxyl groups is 1. The first kappa shape index (κ1) is 12.5. The molecule has 3 nitrogen and oxygen atoms in total. The minimum absolute atomic E-state index is 0.00366. The number of hydrogen-bond donors (Lipinski definition) is 1. The van der Waals surface area contributed by atoms with Crippen LogP contribution < -0.4 is 0 Å². The zero-order valence-electron chi connectivity index (χ0n) is 11.5. The molecular formula is C16H20O3. The van der Waals surface area contributed by atoms with Gasteiger partial charge in [-0.15, -0.1) is 0 Å². The van der Waals surface area contributed by atoms with Crippen molar-refractivity contribution in [1.29, 1.82) is 0 Å². The van der Waals surface area contributed by atoms with Crippen molar-refractivity contribution in [3.63, 3.8) is 0 Å². The van der Waals surface area contributed by atoms with Crippen LogP contribution in [0, 0.1) is 11.8 Å². The zero-order chi connectivity index (χ0) is 13.6. The van der Waals surface area contributed by atoms with Gasteiger partial charge >= 0.3 is 5.97 Å².